The van der Waals surface area contributed by atoms with Gasteiger partial charge in [-0.15, -0.1) is 0 Å². The number of amides is 2. The summed E-state index contributed by atoms with van der Waals surface area (Å²) < 4.78 is 25.3. The van der Waals surface area contributed by atoms with Gasteiger partial charge in [-0.2, -0.15) is 5.10 Å². The predicted molar refractivity (Wildman–Crippen MR) is 183 cm³/mol. The van der Waals surface area contributed by atoms with Crippen LogP contribution in [-0.2, 0) is 20.9 Å². The lowest BCUT2D eigenvalue weighted by molar-refractivity contribution is 0.00677. The number of carbonyl (C=O) groups excluding carboxylic acids is 2. The lowest BCUT2D eigenvalue weighted by Gasteiger charge is -2.35. The molecular weight excluding hydrogens is 636 g/mol. The number of methoxy groups -OCH3 is 1. The van der Waals surface area contributed by atoms with Crippen molar-refractivity contribution < 1.29 is 28.3 Å². The fourth-order valence-corrected chi connectivity index (χ4v) is 5.73. The van der Waals surface area contributed by atoms with Crippen LogP contribution < -0.4 is 21.1 Å². The summed E-state index contributed by atoms with van der Waals surface area (Å²) in [6.07, 6.45) is 5.79. The molecule has 0 aromatic carbocycles. The molecule has 1 aliphatic rings. The number of fused-ring (bicyclic) bond motifs is 1. The van der Waals surface area contributed by atoms with E-state index in [0.717, 1.165) is 18.9 Å². The van der Waals surface area contributed by atoms with Gasteiger partial charge in [0, 0.05) is 41.1 Å². The quantitative estimate of drug-likeness (QED) is 0.154. The Hall–Kier alpha value is -4.54. The van der Waals surface area contributed by atoms with Crippen LogP contribution in [0.25, 0.3) is 16.7 Å². The smallest absolute Gasteiger partial charge is 0.414 e. The minimum absolute atomic E-state index is 0.0999. The van der Waals surface area contributed by atoms with E-state index in [-0.39, 0.29) is 58.4 Å². The highest BCUT2D eigenvalue weighted by Crippen LogP contribution is 2.32. The minimum Gasteiger partial charge on any atom is -0.443 e. The molecule has 2 amide bonds. The highest BCUT2D eigenvalue weighted by Gasteiger charge is 2.34. The highest BCUT2D eigenvalue weighted by atomic mass is 28.3. The number of nitrogens with zero attached hydrogens (tertiary/aromatic N) is 6. The molecule has 4 aromatic heterocycles. The molecule has 0 saturated heterocycles. The monoisotopic (exact) mass is 680 g/mol. The summed E-state index contributed by atoms with van der Waals surface area (Å²) in [5, 5.41) is 14.4. The van der Waals surface area contributed by atoms with Gasteiger partial charge >= 0.3 is 6.09 Å². The molecule has 2 atom stereocenters. The molecule has 4 aromatic rings. The summed E-state index contributed by atoms with van der Waals surface area (Å²) in [5.41, 5.74) is 0.119. The van der Waals surface area contributed by atoms with Crippen LogP contribution in [0.15, 0.2) is 46.1 Å². The fourth-order valence-electron chi connectivity index (χ4n) is 4.97. The maximum absolute atomic E-state index is 13.7. The largest absolute Gasteiger partial charge is 0.443 e. The van der Waals surface area contributed by atoms with Gasteiger partial charge in [0.15, 0.2) is 5.52 Å². The molecule has 1 saturated carbocycles. The van der Waals surface area contributed by atoms with Gasteiger partial charge < -0.3 is 29.4 Å². The van der Waals surface area contributed by atoms with Gasteiger partial charge in [-0.25, -0.2) is 14.5 Å². The fraction of sp³-hybridized carbons (Fsp3) is 0.500. The molecule has 0 unspecified atom stereocenters. The van der Waals surface area contributed by atoms with E-state index in [0.29, 0.717) is 12.3 Å². The standard InChI is InChI=1S/C32H44N8O7Si/c1-32(2,3)46-31(43)38(4)23-16-25(36-27-26(23)37-47-28(27)29(41)35-21-11-12-24(21)44-5)34-22-10-9-13-40(30(22)42)20-17-33-39(18-20)19-45-14-15-48(6,7)8/h9-10,13,16-18,21,24H,11-12,14-15,19H2,1-8H3,(H,34,36)(H,35,41)/t21-,24-/m1/s1. The first kappa shape index (κ1) is 34.8. The van der Waals surface area contributed by atoms with Crippen LogP contribution in [0.2, 0.25) is 25.7 Å². The highest BCUT2D eigenvalue weighted by molar-refractivity contribution is 6.76. The van der Waals surface area contributed by atoms with E-state index < -0.39 is 25.7 Å². The average molecular weight is 681 g/mol. The first-order chi connectivity index (χ1) is 22.6. The topological polar surface area (TPSA) is 168 Å². The van der Waals surface area contributed by atoms with E-state index in [1.807, 2.05) is 0 Å². The zero-order chi connectivity index (χ0) is 34.8. The molecule has 0 radical (unpaired) electrons. The average Bonchev–Trinajstić information content (AvgIpc) is 3.64. The number of ether oxygens (including phenoxy) is 3. The van der Waals surface area contributed by atoms with Gasteiger partial charge in [-0.1, -0.05) is 24.8 Å². The normalized spacial score (nSPS) is 16.4. The zero-order valence-corrected chi connectivity index (χ0v) is 29.7. The van der Waals surface area contributed by atoms with Gasteiger partial charge in [0.2, 0.25) is 5.76 Å². The van der Waals surface area contributed by atoms with Crippen molar-refractivity contribution in [1.29, 1.82) is 0 Å². The number of pyridine rings is 2. The molecule has 2 N–H and O–H groups in total. The van der Waals surface area contributed by atoms with E-state index in [4.69, 9.17) is 18.7 Å². The summed E-state index contributed by atoms with van der Waals surface area (Å²) in [6, 6.07) is 5.71. The summed E-state index contributed by atoms with van der Waals surface area (Å²) >= 11 is 0. The third-order valence-corrected chi connectivity index (χ3v) is 9.51. The van der Waals surface area contributed by atoms with Crippen molar-refractivity contribution in [2.24, 2.45) is 0 Å². The Kier molecular flexibility index (Phi) is 10.1. The molecule has 0 spiro atoms. The summed E-state index contributed by atoms with van der Waals surface area (Å²) in [6.45, 7) is 13.1. The molecule has 258 valence electrons. The van der Waals surface area contributed by atoms with Crippen molar-refractivity contribution in [3.8, 4) is 5.69 Å². The number of aromatic nitrogens is 5. The first-order valence-electron chi connectivity index (χ1n) is 15.8. The molecule has 16 heteroatoms. The van der Waals surface area contributed by atoms with Crippen LogP contribution in [0.5, 0.6) is 0 Å². The molecule has 0 aliphatic heterocycles. The van der Waals surface area contributed by atoms with E-state index in [1.54, 1.807) is 63.3 Å². The predicted octanol–water partition coefficient (Wildman–Crippen LogP) is 4.90. The number of hydrogen-bond acceptors (Lipinski definition) is 11. The van der Waals surface area contributed by atoms with E-state index in [2.05, 4.69) is 45.5 Å². The molecule has 48 heavy (non-hydrogen) atoms. The van der Waals surface area contributed by atoms with Gasteiger partial charge in [0.1, 0.15) is 29.4 Å². The Morgan fingerprint density at radius 3 is 2.62 bits per heavy atom. The lowest BCUT2D eigenvalue weighted by Crippen LogP contribution is -2.51. The molecular formula is C32H44N8O7Si. The summed E-state index contributed by atoms with van der Waals surface area (Å²) in [4.78, 5) is 45.9. The molecule has 1 aliphatic carbocycles. The van der Waals surface area contributed by atoms with Crippen molar-refractivity contribution in [3.63, 3.8) is 0 Å². The summed E-state index contributed by atoms with van der Waals surface area (Å²) in [7, 11) is 1.90. The van der Waals surface area contributed by atoms with Gasteiger partial charge in [-0.3, -0.25) is 19.1 Å². The molecule has 5 rings (SSSR count). The van der Waals surface area contributed by atoms with Crippen molar-refractivity contribution in [2.45, 2.75) is 83.8 Å². The van der Waals surface area contributed by atoms with Crippen LogP contribution in [0, 0.1) is 0 Å². The Labute approximate surface area is 279 Å². The van der Waals surface area contributed by atoms with Crippen LogP contribution in [0.3, 0.4) is 0 Å². The van der Waals surface area contributed by atoms with Crippen LogP contribution in [0.1, 0.15) is 44.2 Å². The number of carbonyl (C=O) groups is 2. The maximum atomic E-state index is 13.7. The van der Waals surface area contributed by atoms with E-state index in [9.17, 15) is 14.4 Å². The zero-order valence-electron chi connectivity index (χ0n) is 28.7. The van der Waals surface area contributed by atoms with Crippen LogP contribution >= 0.6 is 0 Å². The third kappa shape index (κ3) is 8.11. The first-order valence-corrected chi connectivity index (χ1v) is 19.5. The minimum atomic E-state index is -1.22. The third-order valence-electron chi connectivity index (χ3n) is 7.81. The lowest BCUT2D eigenvalue weighted by atomic mass is 9.89. The number of hydrogen-bond donors (Lipinski definition) is 2. The van der Waals surface area contributed by atoms with E-state index in [1.165, 1.54) is 22.6 Å². The molecule has 0 bridgehead atoms. The van der Waals surface area contributed by atoms with Crippen LogP contribution in [0.4, 0.5) is 22.0 Å². The van der Waals surface area contributed by atoms with Crippen molar-refractivity contribution in [1.82, 2.24) is 29.8 Å². The Morgan fingerprint density at radius 1 is 1.19 bits per heavy atom. The Balaban J connectivity index is 1.45. The number of anilines is 3. The number of rotatable bonds is 12. The Bertz CT molecular complexity index is 1840. The van der Waals surface area contributed by atoms with E-state index >= 15 is 0 Å². The second kappa shape index (κ2) is 13.9. The van der Waals surface area contributed by atoms with Crippen molar-refractivity contribution >= 4 is 48.3 Å². The van der Waals surface area contributed by atoms with Crippen LogP contribution in [-0.4, -0.2) is 83.1 Å². The Morgan fingerprint density at radius 2 is 1.96 bits per heavy atom. The number of nitrogens with one attached hydrogen (secondary N) is 2. The molecule has 4 heterocycles. The second-order valence-corrected chi connectivity index (χ2v) is 19.6. The SMILES string of the molecule is CO[C@@H]1CC[C@H]1NC(=O)c1onc2c(N(C)C(=O)OC(C)(C)C)cc(Nc3cccn(-c4cnn(COCC[Si](C)(C)C)c4)c3=O)nc12. The molecule has 1 fully saturated rings. The maximum Gasteiger partial charge on any atom is 0.414 e. The van der Waals surface area contributed by atoms with Gasteiger partial charge in [0.05, 0.1) is 35.9 Å². The van der Waals surface area contributed by atoms with Gasteiger partial charge in [0.25, 0.3) is 11.5 Å². The second-order valence-electron chi connectivity index (χ2n) is 14.0. The summed E-state index contributed by atoms with van der Waals surface area (Å²) in [5.74, 6) is -0.493. The van der Waals surface area contributed by atoms with Crippen molar-refractivity contribution in [3.05, 3.63) is 52.9 Å². The molecule has 15 nitrogen and oxygen atoms in total. The van der Waals surface area contributed by atoms with Gasteiger partial charge in [-0.05, 0) is 51.8 Å². The van der Waals surface area contributed by atoms with Crippen molar-refractivity contribution in [2.75, 3.05) is 31.0 Å².